The summed E-state index contributed by atoms with van der Waals surface area (Å²) >= 11 is 0. The first kappa shape index (κ1) is 30.9. The van der Waals surface area contributed by atoms with Gasteiger partial charge in [-0.2, -0.15) is 0 Å². The second-order valence-electron chi connectivity index (χ2n) is 11.8. The summed E-state index contributed by atoms with van der Waals surface area (Å²) in [6.45, 7) is 3.96. The van der Waals surface area contributed by atoms with Crippen molar-refractivity contribution >= 4 is 11.8 Å². The standard InChI is InChI=1S/C33H39N3O8/c1-20-13-27(38)32(42)33(44-20)24(22-10-11-26(37)28(15-22)43-2)16-29(39)34-12-5-3-4-8-30(40)35-17-21-14-23(19-35)25-7-6-9-31(41)36(25)18-21/h6-7,9-11,13,15,21,23-24,37,42H,3-5,8,12,14,16-19H2,1-2H3,(H,34,39)/t21-,23+,24-/m1/s1. The largest absolute Gasteiger partial charge is 0.504 e. The van der Waals surface area contributed by atoms with Crippen LogP contribution in [0.15, 0.2) is 56.5 Å². The first-order valence-electron chi connectivity index (χ1n) is 15.1. The Morgan fingerprint density at radius 1 is 1.07 bits per heavy atom. The van der Waals surface area contributed by atoms with Gasteiger partial charge in [-0.25, -0.2) is 0 Å². The number of aromatic nitrogens is 1. The quantitative estimate of drug-likeness (QED) is 0.282. The third-order valence-electron chi connectivity index (χ3n) is 8.61. The molecule has 3 N–H and O–H groups in total. The van der Waals surface area contributed by atoms with E-state index >= 15 is 0 Å². The molecule has 1 aromatic carbocycles. The zero-order chi connectivity index (χ0) is 31.4. The average Bonchev–Trinajstić information content (AvgIpc) is 3.00. The van der Waals surface area contributed by atoms with Crippen molar-refractivity contribution in [2.75, 3.05) is 26.7 Å². The molecule has 11 nitrogen and oxygen atoms in total. The highest BCUT2D eigenvalue weighted by Crippen LogP contribution is 2.37. The number of phenolic OH excluding ortho intramolecular Hbond substituents is 1. The summed E-state index contributed by atoms with van der Waals surface area (Å²) < 4.78 is 12.8. The SMILES string of the molecule is COc1cc([C@@H](CC(=O)NCCCCCC(=O)N2C[C@H]3C[C@@H](C2)c2cccc(=O)n2C3)c2oc(C)cc(=O)c2O)ccc1O. The van der Waals surface area contributed by atoms with Gasteiger partial charge in [-0.05, 0) is 55.9 Å². The maximum absolute atomic E-state index is 13.0. The van der Waals surface area contributed by atoms with Crippen LogP contribution in [0.1, 0.15) is 73.1 Å². The molecule has 2 aliphatic heterocycles. The van der Waals surface area contributed by atoms with Crippen molar-refractivity contribution in [3.63, 3.8) is 0 Å². The van der Waals surface area contributed by atoms with E-state index in [0.717, 1.165) is 18.5 Å². The number of aromatic hydroxyl groups is 2. The molecule has 3 atom stereocenters. The molecule has 2 aliphatic rings. The van der Waals surface area contributed by atoms with Gasteiger partial charge < -0.3 is 34.2 Å². The number of amides is 2. The van der Waals surface area contributed by atoms with Crippen LogP contribution >= 0.6 is 0 Å². The van der Waals surface area contributed by atoms with Gasteiger partial charge in [0.05, 0.1) is 13.0 Å². The molecule has 2 bridgehead atoms. The average molecular weight is 606 g/mol. The number of fused-ring (bicyclic) bond motifs is 4. The molecule has 234 valence electrons. The molecule has 3 aromatic rings. The number of carbonyl (C=O) groups is 2. The minimum atomic E-state index is -0.802. The van der Waals surface area contributed by atoms with Gasteiger partial charge in [0.2, 0.25) is 23.0 Å². The fourth-order valence-corrected chi connectivity index (χ4v) is 6.46. The molecule has 44 heavy (non-hydrogen) atoms. The van der Waals surface area contributed by atoms with E-state index in [-0.39, 0.29) is 47.0 Å². The summed E-state index contributed by atoms with van der Waals surface area (Å²) in [7, 11) is 1.40. The fraction of sp³-hybridized carbons (Fsp3) is 0.455. The number of nitrogens with zero attached hydrogens (tertiary/aromatic N) is 2. The number of aryl methyl sites for hydroxylation is 1. The maximum Gasteiger partial charge on any atom is 0.250 e. The Hall–Kier alpha value is -4.54. The van der Waals surface area contributed by atoms with E-state index in [4.69, 9.17) is 9.15 Å². The van der Waals surface area contributed by atoms with E-state index in [1.807, 2.05) is 15.5 Å². The number of phenols is 1. The smallest absolute Gasteiger partial charge is 0.250 e. The maximum atomic E-state index is 13.0. The minimum absolute atomic E-state index is 0.0279. The number of piperidine rings is 1. The van der Waals surface area contributed by atoms with Crippen LogP contribution in [0, 0.1) is 12.8 Å². The molecule has 2 amide bonds. The van der Waals surface area contributed by atoms with Crippen molar-refractivity contribution < 1.29 is 29.0 Å². The van der Waals surface area contributed by atoms with Crippen LogP contribution in [0.4, 0.5) is 0 Å². The molecule has 4 heterocycles. The number of methoxy groups -OCH3 is 1. The summed E-state index contributed by atoms with van der Waals surface area (Å²) in [6.07, 6.45) is 3.48. The van der Waals surface area contributed by atoms with Gasteiger partial charge >= 0.3 is 0 Å². The van der Waals surface area contributed by atoms with Crippen molar-refractivity contribution in [3.8, 4) is 17.2 Å². The Morgan fingerprint density at radius 3 is 2.68 bits per heavy atom. The van der Waals surface area contributed by atoms with Crippen LogP contribution in [0.5, 0.6) is 17.2 Å². The summed E-state index contributed by atoms with van der Waals surface area (Å²) in [5.74, 6) is -0.704. The number of benzene rings is 1. The second kappa shape index (κ2) is 13.4. The predicted octanol–water partition coefficient (Wildman–Crippen LogP) is 3.37. The number of nitrogens with one attached hydrogen (secondary N) is 1. The number of pyridine rings is 1. The van der Waals surface area contributed by atoms with Crippen LogP contribution in [0.3, 0.4) is 0 Å². The Kier molecular flexibility index (Phi) is 9.41. The van der Waals surface area contributed by atoms with Gasteiger partial charge in [0.1, 0.15) is 5.76 Å². The highest BCUT2D eigenvalue weighted by Gasteiger charge is 2.36. The lowest BCUT2D eigenvalue weighted by atomic mass is 9.83. The summed E-state index contributed by atoms with van der Waals surface area (Å²) in [5, 5.41) is 23.4. The first-order valence-corrected chi connectivity index (χ1v) is 15.1. The van der Waals surface area contributed by atoms with Gasteiger partial charge in [-0.15, -0.1) is 0 Å². The van der Waals surface area contributed by atoms with E-state index in [0.29, 0.717) is 62.7 Å². The predicted molar refractivity (Wildman–Crippen MR) is 162 cm³/mol. The first-order chi connectivity index (χ1) is 21.1. The van der Waals surface area contributed by atoms with E-state index in [2.05, 4.69) is 5.32 Å². The van der Waals surface area contributed by atoms with Crippen LogP contribution in [-0.2, 0) is 16.1 Å². The van der Waals surface area contributed by atoms with E-state index in [9.17, 15) is 29.4 Å². The van der Waals surface area contributed by atoms with Crippen molar-refractivity contribution in [2.24, 2.45) is 5.92 Å². The number of hydrogen-bond donors (Lipinski definition) is 3. The number of carbonyl (C=O) groups excluding carboxylic acids is 2. The van der Waals surface area contributed by atoms with Gasteiger partial charge in [0, 0.05) is 62.8 Å². The van der Waals surface area contributed by atoms with Crippen molar-refractivity contribution in [1.82, 2.24) is 14.8 Å². The topological polar surface area (TPSA) is 151 Å². The molecule has 1 saturated heterocycles. The Morgan fingerprint density at radius 2 is 1.89 bits per heavy atom. The van der Waals surface area contributed by atoms with E-state index in [1.165, 1.54) is 19.2 Å². The molecule has 0 spiro atoms. The molecule has 0 aliphatic carbocycles. The molecule has 1 fully saturated rings. The minimum Gasteiger partial charge on any atom is -0.504 e. The van der Waals surface area contributed by atoms with Crippen LogP contribution in [0.2, 0.25) is 0 Å². The highest BCUT2D eigenvalue weighted by atomic mass is 16.5. The van der Waals surface area contributed by atoms with Crippen LogP contribution in [0.25, 0.3) is 0 Å². The van der Waals surface area contributed by atoms with Gasteiger partial charge in [0.25, 0.3) is 5.56 Å². The van der Waals surface area contributed by atoms with Gasteiger partial charge in [-0.1, -0.05) is 18.6 Å². The lowest BCUT2D eigenvalue weighted by Gasteiger charge is -2.42. The summed E-state index contributed by atoms with van der Waals surface area (Å²) in [5.41, 5.74) is 0.964. The van der Waals surface area contributed by atoms with E-state index in [1.54, 1.807) is 31.2 Å². The third-order valence-corrected chi connectivity index (χ3v) is 8.61. The molecule has 0 saturated carbocycles. The van der Waals surface area contributed by atoms with E-state index < -0.39 is 17.1 Å². The highest BCUT2D eigenvalue weighted by molar-refractivity contribution is 5.78. The van der Waals surface area contributed by atoms with Crippen molar-refractivity contribution in [3.05, 3.63) is 85.8 Å². The monoisotopic (exact) mass is 605 g/mol. The van der Waals surface area contributed by atoms with Crippen molar-refractivity contribution in [2.45, 2.75) is 63.8 Å². The normalized spacial score (nSPS) is 17.9. The summed E-state index contributed by atoms with van der Waals surface area (Å²) in [4.78, 5) is 52.4. The Bertz CT molecular complexity index is 1640. The van der Waals surface area contributed by atoms with Gasteiger partial charge in [-0.3, -0.25) is 19.2 Å². The number of rotatable bonds is 11. The molecular weight excluding hydrogens is 566 g/mol. The lowest BCUT2D eigenvalue weighted by Crippen LogP contribution is -2.49. The zero-order valence-corrected chi connectivity index (χ0v) is 25.1. The zero-order valence-electron chi connectivity index (χ0n) is 25.1. The molecule has 5 rings (SSSR count). The molecule has 0 unspecified atom stereocenters. The third kappa shape index (κ3) is 6.82. The van der Waals surface area contributed by atoms with Gasteiger partial charge in [0.15, 0.2) is 17.3 Å². The van der Waals surface area contributed by atoms with Crippen LogP contribution < -0.4 is 21.0 Å². The number of likely N-dealkylation sites (tertiary alicyclic amines) is 1. The Balaban J connectivity index is 1.11. The molecular formula is C33H39N3O8. The molecule has 11 heteroatoms. The Labute approximate surface area is 255 Å². The second-order valence-corrected chi connectivity index (χ2v) is 11.8. The lowest BCUT2D eigenvalue weighted by molar-refractivity contribution is -0.134. The van der Waals surface area contributed by atoms with Crippen LogP contribution in [-0.4, -0.2) is 58.2 Å². The fourth-order valence-electron chi connectivity index (χ4n) is 6.46. The summed E-state index contributed by atoms with van der Waals surface area (Å²) in [6, 6.07) is 11.1. The van der Waals surface area contributed by atoms with Crippen molar-refractivity contribution in [1.29, 1.82) is 0 Å². The molecule has 2 aromatic heterocycles. The number of hydrogen-bond acceptors (Lipinski definition) is 8. The number of ether oxygens (including phenoxy) is 1. The number of unbranched alkanes of at least 4 members (excludes halogenated alkanes) is 2. The molecule has 0 radical (unpaired) electrons.